The van der Waals surface area contributed by atoms with Crippen LogP contribution >= 0.6 is 0 Å². The molecule has 0 aromatic rings. The SMILES string of the molecule is CC[C@@H](C)[C@@H](O)[C@H](C)C(=O)[C@H](C)C=C(C)C[C@H](C)[C@@H]1OC(=O)[C@H]1CC. The summed E-state index contributed by atoms with van der Waals surface area (Å²) < 4.78 is 5.30. The molecule has 1 aliphatic rings. The maximum absolute atomic E-state index is 12.6. The first-order chi connectivity index (χ1) is 11.6. The van der Waals surface area contributed by atoms with Crippen molar-refractivity contribution < 1.29 is 19.4 Å². The molecule has 0 amide bonds. The van der Waals surface area contributed by atoms with Crippen LogP contribution in [0.4, 0.5) is 0 Å². The molecule has 144 valence electrons. The van der Waals surface area contributed by atoms with Crippen molar-refractivity contribution in [3.63, 3.8) is 0 Å². The predicted molar refractivity (Wildman–Crippen MR) is 100.0 cm³/mol. The van der Waals surface area contributed by atoms with Crippen LogP contribution in [0.5, 0.6) is 0 Å². The van der Waals surface area contributed by atoms with Crippen molar-refractivity contribution in [2.75, 3.05) is 0 Å². The van der Waals surface area contributed by atoms with Gasteiger partial charge in [-0.3, -0.25) is 9.59 Å². The Morgan fingerprint density at radius 2 is 1.84 bits per heavy atom. The minimum atomic E-state index is -0.590. The third-order valence-corrected chi connectivity index (χ3v) is 5.77. The number of cyclic esters (lactones) is 1. The molecule has 0 saturated carbocycles. The molecule has 7 atom stereocenters. The van der Waals surface area contributed by atoms with Gasteiger partial charge in [0.05, 0.1) is 12.0 Å². The van der Waals surface area contributed by atoms with Gasteiger partial charge in [-0.25, -0.2) is 0 Å². The zero-order chi connectivity index (χ0) is 19.3. The van der Waals surface area contributed by atoms with Crippen molar-refractivity contribution in [3.05, 3.63) is 11.6 Å². The number of carbonyl (C=O) groups excluding carboxylic acids is 2. The molecule has 0 spiro atoms. The highest BCUT2D eigenvalue weighted by molar-refractivity contribution is 5.85. The third-order valence-electron chi connectivity index (χ3n) is 5.77. The van der Waals surface area contributed by atoms with Crippen molar-refractivity contribution in [2.45, 2.75) is 79.9 Å². The van der Waals surface area contributed by atoms with E-state index in [0.29, 0.717) is 0 Å². The average molecular weight is 353 g/mol. The number of hydrogen-bond donors (Lipinski definition) is 1. The Labute approximate surface area is 153 Å². The van der Waals surface area contributed by atoms with Gasteiger partial charge in [0.1, 0.15) is 11.9 Å². The summed E-state index contributed by atoms with van der Waals surface area (Å²) in [5.74, 6) is -0.179. The molecule has 1 N–H and O–H groups in total. The zero-order valence-corrected chi connectivity index (χ0v) is 16.9. The van der Waals surface area contributed by atoms with Crippen molar-refractivity contribution in [1.29, 1.82) is 0 Å². The Kier molecular flexibility index (Phi) is 8.33. The first-order valence-corrected chi connectivity index (χ1v) is 9.73. The molecular weight excluding hydrogens is 316 g/mol. The topological polar surface area (TPSA) is 63.6 Å². The molecule has 4 nitrogen and oxygen atoms in total. The number of rotatable bonds is 10. The lowest BCUT2D eigenvalue weighted by Gasteiger charge is -2.38. The highest BCUT2D eigenvalue weighted by Gasteiger charge is 2.43. The highest BCUT2D eigenvalue weighted by atomic mass is 16.6. The minimum absolute atomic E-state index is 0.00185. The summed E-state index contributed by atoms with van der Waals surface area (Å²) in [6, 6.07) is 0. The lowest BCUT2D eigenvalue weighted by Crippen LogP contribution is -2.48. The van der Waals surface area contributed by atoms with Crippen LogP contribution in [0, 0.1) is 29.6 Å². The van der Waals surface area contributed by atoms with Crippen LogP contribution in [0.2, 0.25) is 0 Å². The van der Waals surface area contributed by atoms with Gasteiger partial charge in [-0.15, -0.1) is 0 Å². The summed E-state index contributed by atoms with van der Waals surface area (Å²) in [6.45, 7) is 13.9. The van der Waals surface area contributed by atoms with Crippen LogP contribution in [0.15, 0.2) is 11.6 Å². The molecule has 0 aromatic carbocycles. The molecule has 1 rings (SSSR count). The minimum Gasteiger partial charge on any atom is -0.461 e. The van der Waals surface area contributed by atoms with Crippen LogP contribution in [0.1, 0.15) is 67.7 Å². The van der Waals surface area contributed by atoms with Crippen LogP contribution in [0.3, 0.4) is 0 Å². The first kappa shape index (κ1) is 21.9. The van der Waals surface area contributed by atoms with E-state index in [0.717, 1.165) is 24.8 Å². The van der Waals surface area contributed by atoms with Gasteiger partial charge in [0.2, 0.25) is 0 Å². The molecule has 0 radical (unpaired) electrons. The standard InChI is InChI=1S/C21H36O4/c1-8-13(4)18(22)16(7)19(23)14(5)10-12(3)11-15(6)20-17(9-2)21(24)25-20/h10,13-18,20,22H,8-9,11H2,1-7H3/t13-,14-,15+,16+,17+,18-,20+/m1/s1. The van der Waals surface area contributed by atoms with E-state index in [4.69, 9.17) is 4.74 Å². The molecule has 0 aliphatic carbocycles. The van der Waals surface area contributed by atoms with E-state index in [1.54, 1.807) is 0 Å². The number of aliphatic hydroxyl groups is 1. The Hall–Kier alpha value is -1.16. The molecule has 0 aromatic heterocycles. The fraction of sp³-hybridized carbons (Fsp3) is 0.810. The number of aliphatic hydroxyl groups excluding tert-OH is 1. The summed E-state index contributed by atoms with van der Waals surface area (Å²) >= 11 is 0. The van der Waals surface area contributed by atoms with E-state index >= 15 is 0 Å². The lowest BCUT2D eigenvalue weighted by atomic mass is 9.81. The number of hydrogen-bond acceptors (Lipinski definition) is 4. The van der Waals surface area contributed by atoms with Gasteiger partial charge >= 0.3 is 5.97 Å². The van der Waals surface area contributed by atoms with Gasteiger partial charge in [-0.2, -0.15) is 0 Å². The normalized spacial score (nSPS) is 26.9. The van der Waals surface area contributed by atoms with Gasteiger partial charge < -0.3 is 9.84 Å². The number of ketones is 1. The second kappa shape index (κ2) is 9.51. The summed E-state index contributed by atoms with van der Waals surface area (Å²) in [6.07, 6.45) is 3.90. The molecule has 1 fully saturated rings. The summed E-state index contributed by atoms with van der Waals surface area (Å²) in [5.41, 5.74) is 1.14. The molecule has 1 heterocycles. The van der Waals surface area contributed by atoms with Crippen molar-refractivity contribution in [1.82, 2.24) is 0 Å². The van der Waals surface area contributed by atoms with Crippen molar-refractivity contribution >= 4 is 11.8 Å². The number of esters is 1. The fourth-order valence-electron chi connectivity index (χ4n) is 3.80. The second-order valence-electron chi connectivity index (χ2n) is 7.97. The van der Waals surface area contributed by atoms with E-state index in [-0.39, 0.29) is 47.4 Å². The fourth-order valence-corrected chi connectivity index (χ4v) is 3.80. The van der Waals surface area contributed by atoms with Crippen molar-refractivity contribution in [3.8, 4) is 0 Å². The van der Waals surface area contributed by atoms with Crippen molar-refractivity contribution in [2.24, 2.45) is 29.6 Å². The van der Waals surface area contributed by atoms with Gasteiger partial charge in [0, 0.05) is 11.8 Å². The zero-order valence-electron chi connectivity index (χ0n) is 16.9. The molecule has 4 heteroatoms. The molecular formula is C21H36O4. The Morgan fingerprint density at radius 3 is 2.32 bits per heavy atom. The van der Waals surface area contributed by atoms with Crippen LogP contribution < -0.4 is 0 Å². The van der Waals surface area contributed by atoms with Crippen LogP contribution in [-0.4, -0.2) is 29.1 Å². The smallest absolute Gasteiger partial charge is 0.313 e. The number of allylic oxidation sites excluding steroid dienone is 2. The maximum atomic E-state index is 12.6. The van der Waals surface area contributed by atoms with E-state index in [9.17, 15) is 14.7 Å². The molecule has 25 heavy (non-hydrogen) atoms. The summed E-state index contributed by atoms with van der Waals surface area (Å²) in [7, 11) is 0. The molecule has 0 bridgehead atoms. The molecule has 1 aliphatic heterocycles. The van der Waals surface area contributed by atoms with E-state index < -0.39 is 6.10 Å². The van der Waals surface area contributed by atoms with Gasteiger partial charge in [0.25, 0.3) is 0 Å². The molecule has 1 saturated heterocycles. The van der Waals surface area contributed by atoms with Crippen LogP contribution in [-0.2, 0) is 14.3 Å². The Balaban J connectivity index is 2.62. The number of ether oxygens (including phenoxy) is 1. The quantitative estimate of drug-likeness (QED) is 0.474. The monoisotopic (exact) mass is 352 g/mol. The third kappa shape index (κ3) is 5.40. The second-order valence-corrected chi connectivity index (χ2v) is 7.97. The molecule has 0 unspecified atom stereocenters. The highest BCUT2D eigenvalue weighted by Crippen LogP contribution is 2.34. The lowest BCUT2D eigenvalue weighted by molar-refractivity contribution is -0.191. The summed E-state index contributed by atoms with van der Waals surface area (Å²) in [4.78, 5) is 24.0. The summed E-state index contributed by atoms with van der Waals surface area (Å²) in [5, 5.41) is 10.3. The average Bonchev–Trinajstić information content (AvgIpc) is 2.56. The number of carbonyl (C=O) groups is 2. The van der Waals surface area contributed by atoms with Gasteiger partial charge in [0.15, 0.2) is 0 Å². The van der Waals surface area contributed by atoms with Gasteiger partial charge in [-0.05, 0) is 31.6 Å². The van der Waals surface area contributed by atoms with E-state index in [2.05, 4.69) is 6.92 Å². The maximum Gasteiger partial charge on any atom is 0.313 e. The first-order valence-electron chi connectivity index (χ1n) is 9.73. The van der Waals surface area contributed by atoms with Gasteiger partial charge in [-0.1, -0.05) is 59.6 Å². The van der Waals surface area contributed by atoms with E-state index in [1.165, 1.54) is 0 Å². The Bertz CT molecular complexity index is 496. The largest absolute Gasteiger partial charge is 0.461 e. The van der Waals surface area contributed by atoms with Crippen LogP contribution in [0.25, 0.3) is 0 Å². The predicted octanol–water partition coefficient (Wildman–Crippen LogP) is 4.16. The van der Waals surface area contributed by atoms with E-state index in [1.807, 2.05) is 47.6 Å². The number of Topliss-reactive ketones (excluding diaryl/α,β-unsaturated/α-hetero) is 1. The Morgan fingerprint density at radius 1 is 1.24 bits per heavy atom.